The van der Waals surface area contributed by atoms with Gasteiger partial charge in [-0.05, 0) is 43.5 Å². The molecule has 0 aliphatic heterocycles. The van der Waals surface area contributed by atoms with Gasteiger partial charge in [-0.3, -0.25) is 4.79 Å². The standard InChI is InChI=1S/C15H15ClN2OS2/c16-10-4-6-11(7-5-10)20-9-8-14(19)18-15-17-12-2-1-3-13(12)21-15/h4-7H,1-3,8-9H2,(H,17,18,19). The number of amides is 1. The number of thioether (sulfide) groups is 1. The molecule has 1 aliphatic rings. The summed E-state index contributed by atoms with van der Waals surface area (Å²) in [6, 6.07) is 7.66. The van der Waals surface area contributed by atoms with Crippen molar-refractivity contribution in [1.82, 2.24) is 4.98 Å². The number of hydrogen-bond donors (Lipinski definition) is 1. The van der Waals surface area contributed by atoms with Gasteiger partial charge in [0.15, 0.2) is 5.13 Å². The second-order valence-electron chi connectivity index (χ2n) is 4.84. The molecule has 0 unspecified atom stereocenters. The number of thiazole rings is 1. The summed E-state index contributed by atoms with van der Waals surface area (Å²) >= 11 is 9.11. The van der Waals surface area contributed by atoms with Crippen molar-refractivity contribution >= 4 is 45.7 Å². The van der Waals surface area contributed by atoms with Gasteiger partial charge >= 0.3 is 0 Å². The first kappa shape index (κ1) is 14.9. The van der Waals surface area contributed by atoms with Gasteiger partial charge in [0.05, 0.1) is 5.69 Å². The van der Waals surface area contributed by atoms with E-state index in [0.717, 1.165) is 33.6 Å². The summed E-state index contributed by atoms with van der Waals surface area (Å²) in [5, 5.41) is 4.38. The number of carbonyl (C=O) groups is 1. The molecule has 3 rings (SSSR count). The second-order valence-corrected chi connectivity index (χ2v) is 7.53. The lowest BCUT2D eigenvalue weighted by Crippen LogP contribution is -2.12. The SMILES string of the molecule is O=C(CCSc1ccc(Cl)cc1)Nc1nc2c(s1)CCC2. The van der Waals surface area contributed by atoms with Crippen LogP contribution in [-0.4, -0.2) is 16.6 Å². The molecule has 2 aromatic rings. The van der Waals surface area contributed by atoms with Crippen molar-refractivity contribution in [1.29, 1.82) is 0 Å². The van der Waals surface area contributed by atoms with Gasteiger partial charge in [-0.25, -0.2) is 4.98 Å². The van der Waals surface area contributed by atoms with Crippen LogP contribution < -0.4 is 5.32 Å². The molecular weight excluding hydrogens is 324 g/mol. The average molecular weight is 339 g/mol. The molecule has 6 heteroatoms. The molecule has 1 N–H and O–H groups in total. The van der Waals surface area contributed by atoms with Gasteiger partial charge < -0.3 is 5.32 Å². The molecule has 1 aliphatic carbocycles. The number of rotatable bonds is 5. The highest BCUT2D eigenvalue weighted by atomic mass is 35.5. The Bertz CT molecular complexity index is 618. The third kappa shape index (κ3) is 3.99. The van der Waals surface area contributed by atoms with Crippen LogP contribution >= 0.6 is 34.7 Å². The summed E-state index contributed by atoms with van der Waals surface area (Å²) in [5.74, 6) is 0.780. The van der Waals surface area contributed by atoms with E-state index in [-0.39, 0.29) is 5.91 Å². The Labute approximate surface area is 137 Å². The molecule has 0 saturated carbocycles. The largest absolute Gasteiger partial charge is 0.302 e. The number of anilines is 1. The number of nitrogens with one attached hydrogen (secondary N) is 1. The predicted molar refractivity (Wildman–Crippen MR) is 89.6 cm³/mol. The minimum Gasteiger partial charge on any atom is -0.302 e. The van der Waals surface area contributed by atoms with E-state index in [0.29, 0.717) is 6.42 Å². The number of benzene rings is 1. The van der Waals surface area contributed by atoms with Crippen molar-refractivity contribution in [2.75, 3.05) is 11.1 Å². The molecule has 1 aromatic heterocycles. The summed E-state index contributed by atoms with van der Waals surface area (Å²) in [6.07, 6.45) is 3.83. The Hall–Kier alpha value is -1.04. The molecule has 0 bridgehead atoms. The molecule has 21 heavy (non-hydrogen) atoms. The maximum atomic E-state index is 11.9. The van der Waals surface area contributed by atoms with Gasteiger partial charge in [-0.2, -0.15) is 0 Å². The van der Waals surface area contributed by atoms with E-state index < -0.39 is 0 Å². The third-order valence-electron chi connectivity index (χ3n) is 3.25. The van der Waals surface area contributed by atoms with E-state index in [1.807, 2.05) is 24.3 Å². The summed E-state index contributed by atoms with van der Waals surface area (Å²) in [4.78, 5) is 18.8. The van der Waals surface area contributed by atoms with Gasteiger partial charge in [0, 0.05) is 27.0 Å². The number of aromatic nitrogens is 1. The zero-order valence-electron chi connectivity index (χ0n) is 11.4. The van der Waals surface area contributed by atoms with Crippen molar-refractivity contribution in [2.24, 2.45) is 0 Å². The van der Waals surface area contributed by atoms with Crippen LogP contribution in [0.25, 0.3) is 0 Å². The van der Waals surface area contributed by atoms with Crippen LogP contribution in [0.5, 0.6) is 0 Å². The lowest BCUT2D eigenvalue weighted by Gasteiger charge is -2.03. The number of fused-ring (bicyclic) bond motifs is 1. The van der Waals surface area contributed by atoms with Crippen LogP contribution in [-0.2, 0) is 17.6 Å². The molecule has 1 amide bonds. The molecule has 1 aromatic carbocycles. The number of hydrogen-bond acceptors (Lipinski definition) is 4. The van der Waals surface area contributed by atoms with Gasteiger partial charge in [0.25, 0.3) is 0 Å². The molecule has 0 spiro atoms. The lowest BCUT2D eigenvalue weighted by atomic mass is 10.4. The Morgan fingerprint density at radius 3 is 2.90 bits per heavy atom. The summed E-state index contributed by atoms with van der Waals surface area (Å²) in [5.41, 5.74) is 1.17. The van der Waals surface area contributed by atoms with Crippen LogP contribution in [0.15, 0.2) is 29.2 Å². The van der Waals surface area contributed by atoms with Crippen molar-refractivity contribution in [2.45, 2.75) is 30.6 Å². The van der Waals surface area contributed by atoms with Crippen molar-refractivity contribution < 1.29 is 4.79 Å². The minimum absolute atomic E-state index is 0.0314. The normalized spacial score (nSPS) is 13.2. The van der Waals surface area contributed by atoms with Gasteiger partial charge in [0.2, 0.25) is 5.91 Å². The second kappa shape index (κ2) is 6.81. The van der Waals surface area contributed by atoms with Crippen LogP contribution in [0, 0.1) is 0 Å². The fraction of sp³-hybridized carbons (Fsp3) is 0.333. The quantitative estimate of drug-likeness (QED) is 0.821. The minimum atomic E-state index is 0.0314. The summed E-state index contributed by atoms with van der Waals surface area (Å²) in [6.45, 7) is 0. The number of aryl methyl sites for hydroxylation is 2. The van der Waals surface area contributed by atoms with Crippen LogP contribution in [0.3, 0.4) is 0 Å². The number of halogens is 1. The zero-order valence-corrected chi connectivity index (χ0v) is 13.8. The molecule has 0 saturated heterocycles. The molecule has 0 atom stereocenters. The number of nitrogens with zero attached hydrogens (tertiary/aromatic N) is 1. The molecular formula is C15H15ClN2OS2. The average Bonchev–Trinajstić information content (AvgIpc) is 3.02. The third-order valence-corrected chi connectivity index (χ3v) is 5.59. The van der Waals surface area contributed by atoms with Crippen LogP contribution in [0.1, 0.15) is 23.4 Å². The Morgan fingerprint density at radius 2 is 2.14 bits per heavy atom. The highest BCUT2D eigenvalue weighted by Crippen LogP contribution is 2.30. The smallest absolute Gasteiger partial charge is 0.226 e. The molecule has 110 valence electrons. The molecule has 3 nitrogen and oxygen atoms in total. The monoisotopic (exact) mass is 338 g/mol. The Balaban J connectivity index is 1.44. The van der Waals surface area contributed by atoms with Crippen molar-refractivity contribution in [3.05, 3.63) is 39.9 Å². The van der Waals surface area contributed by atoms with E-state index in [2.05, 4.69) is 10.3 Å². The lowest BCUT2D eigenvalue weighted by molar-refractivity contribution is -0.115. The van der Waals surface area contributed by atoms with Crippen LogP contribution in [0.4, 0.5) is 5.13 Å². The molecule has 1 heterocycles. The topological polar surface area (TPSA) is 42.0 Å². The van der Waals surface area contributed by atoms with E-state index in [1.54, 1.807) is 23.1 Å². The fourth-order valence-corrected chi connectivity index (χ4v) is 4.26. The van der Waals surface area contributed by atoms with Crippen molar-refractivity contribution in [3.63, 3.8) is 0 Å². The van der Waals surface area contributed by atoms with Gasteiger partial charge in [0.1, 0.15) is 0 Å². The van der Waals surface area contributed by atoms with Crippen LogP contribution in [0.2, 0.25) is 5.02 Å². The highest BCUT2D eigenvalue weighted by Gasteiger charge is 2.17. The molecule has 0 radical (unpaired) electrons. The van der Waals surface area contributed by atoms with Crippen molar-refractivity contribution in [3.8, 4) is 0 Å². The van der Waals surface area contributed by atoms with E-state index in [1.165, 1.54) is 17.0 Å². The summed E-state index contributed by atoms with van der Waals surface area (Å²) in [7, 11) is 0. The zero-order chi connectivity index (χ0) is 14.7. The maximum Gasteiger partial charge on any atom is 0.226 e. The number of carbonyl (C=O) groups excluding carboxylic acids is 1. The Kier molecular flexibility index (Phi) is 4.83. The Morgan fingerprint density at radius 1 is 1.33 bits per heavy atom. The maximum absolute atomic E-state index is 11.9. The van der Waals surface area contributed by atoms with E-state index in [9.17, 15) is 4.79 Å². The molecule has 0 fully saturated rings. The first-order valence-corrected chi connectivity index (χ1v) is 9.05. The van der Waals surface area contributed by atoms with Gasteiger partial charge in [-0.1, -0.05) is 11.6 Å². The van der Waals surface area contributed by atoms with E-state index in [4.69, 9.17) is 11.6 Å². The first-order valence-electron chi connectivity index (χ1n) is 6.87. The first-order chi connectivity index (χ1) is 10.2. The highest BCUT2D eigenvalue weighted by molar-refractivity contribution is 7.99. The fourth-order valence-electron chi connectivity index (χ4n) is 2.22. The predicted octanol–water partition coefficient (Wildman–Crippen LogP) is 4.41. The van der Waals surface area contributed by atoms with E-state index >= 15 is 0 Å². The van der Waals surface area contributed by atoms with Gasteiger partial charge in [-0.15, -0.1) is 23.1 Å². The summed E-state index contributed by atoms with van der Waals surface area (Å²) < 4.78 is 0.